The van der Waals surface area contributed by atoms with E-state index in [0.29, 0.717) is 12.1 Å². The molecule has 0 bridgehead atoms. The number of carbonyl (C=O) groups excluding carboxylic acids is 1. The smallest absolute Gasteiger partial charge is 0.251 e. The molecule has 1 unspecified atom stereocenters. The number of carbonyl (C=O) groups is 1. The summed E-state index contributed by atoms with van der Waals surface area (Å²) < 4.78 is 15.4. The molecule has 5 nitrogen and oxygen atoms in total. The van der Waals surface area contributed by atoms with E-state index in [4.69, 9.17) is 5.73 Å². The van der Waals surface area contributed by atoms with Gasteiger partial charge in [0, 0.05) is 41.8 Å². The molecule has 20 heavy (non-hydrogen) atoms. The third-order valence-electron chi connectivity index (χ3n) is 3.07. The average molecular weight is 276 g/mol. The standard InChI is InChI=1S/C14H17FN4O/c1-9(7-19-4-3-17-8-19)18-14(20)11-5-12(15)10(2)13(16)6-11/h3-6,8-9H,7,16H2,1-2H3,(H,18,20). The molecule has 6 heteroatoms. The van der Waals surface area contributed by atoms with E-state index in [-0.39, 0.29) is 23.2 Å². The number of nitrogens with two attached hydrogens (primary N) is 1. The van der Waals surface area contributed by atoms with Gasteiger partial charge in [-0.2, -0.15) is 0 Å². The summed E-state index contributed by atoms with van der Waals surface area (Å²) in [6.45, 7) is 4.04. The summed E-state index contributed by atoms with van der Waals surface area (Å²) in [5, 5.41) is 2.80. The van der Waals surface area contributed by atoms with Gasteiger partial charge in [0.05, 0.1) is 6.33 Å². The number of rotatable bonds is 4. The van der Waals surface area contributed by atoms with Crippen LogP contribution in [0.1, 0.15) is 22.8 Å². The van der Waals surface area contributed by atoms with Crippen molar-refractivity contribution in [1.82, 2.24) is 14.9 Å². The minimum Gasteiger partial charge on any atom is -0.398 e. The van der Waals surface area contributed by atoms with Gasteiger partial charge in [-0.05, 0) is 26.0 Å². The van der Waals surface area contributed by atoms with Crippen LogP contribution < -0.4 is 11.1 Å². The second-order valence-electron chi connectivity index (χ2n) is 4.81. The zero-order valence-corrected chi connectivity index (χ0v) is 11.4. The Kier molecular flexibility index (Phi) is 4.02. The van der Waals surface area contributed by atoms with Crippen molar-refractivity contribution in [2.45, 2.75) is 26.4 Å². The normalized spacial score (nSPS) is 12.2. The van der Waals surface area contributed by atoms with Gasteiger partial charge in [0.2, 0.25) is 0 Å². The number of hydrogen-bond donors (Lipinski definition) is 2. The molecule has 1 aromatic carbocycles. The molecule has 1 amide bonds. The van der Waals surface area contributed by atoms with Crippen molar-refractivity contribution in [1.29, 1.82) is 0 Å². The molecular formula is C14H17FN4O. The molecule has 0 aliphatic carbocycles. The number of nitrogens with one attached hydrogen (secondary N) is 1. The molecule has 1 aromatic heterocycles. The minimum atomic E-state index is -0.475. The van der Waals surface area contributed by atoms with Crippen molar-refractivity contribution in [3.63, 3.8) is 0 Å². The third-order valence-corrected chi connectivity index (χ3v) is 3.07. The van der Waals surface area contributed by atoms with Crippen molar-refractivity contribution < 1.29 is 9.18 Å². The molecule has 2 rings (SSSR count). The van der Waals surface area contributed by atoms with Crippen LogP contribution >= 0.6 is 0 Å². The summed E-state index contributed by atoms with van der Waals surface area (Å²) in [7, 11) is 0. The highest BCUT2D eigenvalue weighted by Crippen LogP contribution is 2.17. The number of amides is 1. The van der Waals surface area contributed by atoms with Gasteiger partial charge in [0.1, 0.15) is 5.82 Å². The van der Waals surface area contributed by atoms with Crippen LogP contribution in [-0.4, -0.2) is 21.5 Å². The predicted octanol–water partition coefficient (Wildman–Crippen LogP) is 1.73. The van der Waals surface area contributed by atoms with Gasteiger partial charge in [-0.1, -0.05) is 0 Å². The van der Waals surface area contributed by atoms with E-state index in [1.807, 2.05) is 17.7 Å². The van der Waals surface area contributed by atoms with Crippen LogP contribution in [0, 0.1) is 12.7 Å². The van der Waals surface area contributed by atoms with Crippen molar-refractivity contribution in [2.24, 2.45) is 0 Å². The quantitative estimate of drug-likeness (QED) is 0.835. The van der Waals surface area contributed by atoms with E-state index in [1.165, 1.54) is 12.1 Å². The lowest BCUT2D eigenvalue weighted by Gasteiger charge is -2.15. The van der Waals surface area contributed by atoms with E-state index in [1.54, 1.807) is 19.4 Å². The van der Waals surface area contributed by atoms with E-state index in [2.05, 4.69) is 10.3 Å². The predicted molar refractivity (Wildman–Crippen MR) is 74.7 cm³/mol. The summed E-state index contributed by atoms with van der Waals surface area (Å²) in [6, 6.07) is 2.57. The molecule has 0 fully saturated rings. The Hall–Kier alpha value is -2.37. The number of halogens is 1. The molecule has 1 atom stereocenters. The molecular weight excluding hydrogens is 259 g/mol. The van der Waals surface area contributed by atoms with Crippen LogP contribution in [0.3, 0.4) is 0 Å². The summed E-state index contributed by atoms with van der Waals surface area (Å²) in [6.07, 6.45) is 5.16. The van der Waals surface area contributed by atoms with Crippen LogP contribution in [0.25, 0.3) is 0 Å². The maximum Gasteiger partial charge on any atom is 0.251 e. The Morgan fingerprint density at radius 1 is 1.55 bits per heavy atom. The van der Waals surface area contributed by atoms with E-state index >= 15 is 0 Å². The maximum atomic E-state index is 13.6. The molecule has 1 heterocycles. The highest BCUT2D eigenvalue weighted by atomic mass is 19.1. The van der Waals surface area contributed by atoms with Crippen molar-refractivity contribution >= 4 is 11.6 Å². The van der Waals surface area contributed by atoms with Gasteiger partial charge < -0.3 is 15.6 Å². The molecule has 0 aliphatic heterocycles. The number of anilines is 1. The molecule has 106 valence electrons. The Morgan fingerprint density at radius 2 is 2.30 bits per heavy atom. The average Bonchev–Trinajstić information content (AvgIpc) is 2.87. The fraction of sp³-hybridized carbons (Fsp3) is 0.286. The second-order valence-corrected chi connectivity index (χ2v) is 4.81. The van der Waals surface area contributed by atoms with E-state index < -0.39 is 5.82 Å². The summed E-state index contributed by atoms with van der Waals surface area (Å²) in [5.41, 5.74) is 6.52. The fourth-order valence-corrected chi connectivity index (χ4v) is 1.89. The van der Waals surface area contributed by atoms with Gasteiger partial charge in [0.25, 0.3) is 5.91 Å². The Morgan fingerprint density at radius 3 is 2.90 bits per heavy atom. The SMILES string of the molecule is Cc1c(N)cc(C(=O)NC(C)Cn2ccnc2)cc1F. The lowest BCUT2D eigenvalue weighted by Crippen LogP contribution is -2.35. The first-order valence-corrected chi connectivity index (χ1v) is 6.29. The minimum absolute atomic E-state index is 0.109. The molecule has 2 aromatic rings. The number of aromatic nitrogens is 2. The summed E-state index contributed by atoms with van der Waals surface area (Å²) in [5.74, 6) is -0.819. The van der Waals surface area contributed by atoms with Crippen LogP contribution in [0.2, 0.25) is 0 Å². The molecule has 0 aliphatic rings. The van der Waals surface area contributed by atoms with Gasteiger partial charge in [-0.15, -0.1) is 0 Å². The van der Waals surface area contributed by atoms with Crippen LogP contribution in [0.5, 0.6) is 0 Å². The maximum absolute atomic E-state index is 13.6. The Balaban J connectivity index is 2.04. The zero-order chi connectivity index (χ0) is 14.7. The van der Waals surface area contributed by atoms with E-state index in [0.717, 1.165) is 0 Å². The molecule has 0 saturated heterocycles. The number of nitrogen functional groups attached to an aromatic ring is 1. The molecule has 0 saturated carbocycles. The van der Waals surface area contributed by atoms with Gasteiger partial charge in [0.15, 0.2) is 0 Å². The van der Waals surface area contributed by atoms with Gasteiger partial charge in [-0.3, -0.25) is 4.79 Å². The highest BCUT2D eigenvalue weighted by Gasteiger charge is 2.13. The number of benzene rings is 1. The van der Waals surface area contributed by atoms with Crippen LogP contribution in [0.4, 0.5) is 10.1 Å². The van der Waals surface area contributed by atoms with Gasteiger partial charge >= 0.3 is 0 Å². The van der Waals surface area contributed by atoms with Crippen LogP contribution in [0.15, 0.2) is 30.9 Å². The van der Waals surface area contributed by atoms with Gasteiger partial charge in [-0.25, -0.2) is 9.37 Å². The first-order valence-electron chi connectivity index (χ1n) is 6.29. The number of hydrogen-bond acceptors (Lipinski definition) is 3. The van der Waals surface area contributed by atoms with Crippen molar-refractivity contribution in [3.8, 4) is 0 Å². The highest BCUT2D eigenvalue weighted by molar-refractivity contribution is 5.95. The number of imidazole rings is 1. The Bertz CT molecular complexity index is 587. The third kappa shape index (κ3) is 3.14. The van der Waals surface area contributed by atoms with Crippen LogP contribution in [-0.2, 0) is 6.54 Å². The number of nitrogens with zero attached hydrogens (tertiary/aromatic N) is 2. The monoisotopic (exact) mass is 276 g/mol. The molecule has 3 N–H and O–H groups in total. The van der Waals surface area contributed by atoms with Crippen molar-refractivity contribution in [2.75, 3.05) is 5.73 Å². The largest absolute Gasteiger partial charge is 0.398 e. The topological polar surface area (TPSA) is 72.9 Å². The Labute approximate surface area is 116 Å². The zero-order valence-electron chi connectivity index (χ0n) is 11.4. The molecule has 0 spiro atoms. The summed E-state index contributed by atoms with van der Waals surface area (Å²) >= 11 is 0. The fourth-order valence-electron chi connectivity index (χ4n) is 1.89. The lowest BCUT2D eigenvalue weighted by molar-refractivity contribution is 0.0936. The molecule has 0 radical (unpaired) electrons. The lowest BCUT2D eigenvalue weighted by atomic mass is 10.1. The second kappa shape index (κ2) is 5.73. The van der Waals surface area contributed by atoms with E-state index in [9.17, 15) is 9.18 Å². The first kappa shape index (κ1) is 14.0. The van der Waals surface area contributed by atoms with Crippen molar-refractivity contribution in [3.05, 3.63) is 47.8 Å². The summed E-state index contributed by atoms with van der Waals surface area (Å²) in [4.78, 5) is 16.0. The first-order chi connectivity index (χ1) is 9.47.